The Labute approximate surface area is 141 Å². The van der Waals surface area contributed by atoms with Gasteiger partial charge in [0.25, 0.3) is 5.91 Å². The lowest BCUT2D eigenvalue weighted by atomic mass is 9.90. The highest BCUT2D eigenvalue weighted by atomic mass is 32.1. The molecule has 0 saturated carbocycles. The van der Waals surface area contributed by atoms with Crippen molar-refractivity contribution in [3.63, 3.8) is 0 Å². The van der Waals surface area contributed by atoms with E-state index in [-0.39, 0.29) is 11.8 Å². The second-order valence-electron chi connectivity index (χ2n) is 6.65. The third-order valence-electron chi connectivity index (χ3n) is 4.85. The third-order valence-corrected chi connectivity index (χ3v) is 6.07. The van der Waals surface area contributed by atoms with Crippen LogP contribution in [0.1, 0.15) is 33.5 Å². The summed E-state index contributed by atoms with van der Waals surface area (Å²) in [5.41, 5.74) is 1.38. The van der Waals surface area contributed by atoms with Crippen LogP contribution in [0.25, 0.3) is 0 Å². The number of rotatable bonds is 3. The number of carbonyl (C=O) groups excluding carboxylic acids is 2. The number of hydrogen-bond acceptors (Lipinski definition) is 4. The number of carbonyl (C=O) groups is 2. The van der Waals surface area contributed by atoms with Gasteiger partial charge in [0.1, 0.15) is 0 Å². The molecule has 0 bridgehead atoms. The number of nitrogens with one attached hydrogen (secondary N) is 1. The Morgan fingerprint density at radius 3 is 2.74 bits per heavy atom. The Hall–Kier alpha value is -1.40. The van der Waals surface area contributed by atoms with Crippen molar-refractivity contribution >= 4 is 23.2 Å². The maximum absolute atomic E-state index is 12.7. The molecular formula is C17H25N3O2S. The molecule has 126 valence electrons. The van der Waals surface area contributed by atoms with Gasteiger partial charge >= 0.3 is 0 Å². The molecule has 2 heterocycles. The Balaban J connectivity index is 1.58. The van der Waals surface area contributed by atoms with Gasteiger partial charge in [-0.3, -0.25) is 14.5 Å². The van der Waals surface area contributed by atoms with Crippen LogP contribution < -0.4 is 5.32 Å². The van der Waals surface area contributed by atoms with Gasteiger partial charge in [0, 0.05) is 38.1 Å². The van der Waals surface area contributed by atoms with Crippen molar-refractivity contribution in [2.45, 2.75) is 26.2 Å². The molecule has 1 N–H and O–H groups in total. The molecule has 1 aromatic rings. The van der Waals surface area contributed by atoms with E-state index in [4.69, 9.17) is 0 Å². The van der Waals surface area contributed by atoms with E-state index in [1.165, 1.54) is 16.9 Å². The van der Waals surface area contributed by atoms with E-state index in [2.05, 4.69) is 23.2 Å². The van der Waals surface area contributed by atoms with Gasteiger partial charge in [-0.1, -0.05) is 6.92 Å². The molecule has 2 aliphatic rings. The number of amides is 2. The van der Waals surface area contributed by atoms with Crippen LogP contribution >= 0.6 is 11.3 Å². The topological polar surface area (TPSA) is 52.7 Å². The summed E-state index contributed by atoms with van der Waals surface area (Å²) in [5, 5.41) is 2.64. The van der Waals surface area contributed by atoms with Crippen LogP contribution in [0.3, 0.4) is 0 Å². The van der Waals surface area contributed by atoms with Crippen molar-refractivity contribution in [3.8, 4) is 0 Å². The minimum absolute atomic E-state index is 0.0322. The molecule has 6 heteroatoms. The molecule has 0 spiro atoms. The van der Waals surface area contributed by atoms with Gasteiger partial charge in [0.05, 0.1) is 11.4 Å². The molecule has 1 aliphatic heterocycles. The highest BCUT2D eigenvalue weighted by Gasteiger charge is 2.26. The fraction of sp³-hybridized carbons (Fsp3) is 0.647. The molecule has 23 heavy (non-hydrogen) atoms. The van der Waals surface area contributed by atoms with Crippen LogP contribution in [-0.4, -0.2) is 61.4 Å². The van der Waals surface area contributed by atoms with E-state index in [9.17, 15) is 9.59 Å². The zero-order valence-corrected chi connectivity index (χ0v) is 14.7. The minimum Gasteiger partial charge on any atom is -0.358 e. The molecule has 1 unspecified atom stereocenters. The normalized spacial score (nSPS) is 21.8. The molecule has 1 fully saturated rings. The van der Waals surface area contributed by atoms with Gasteiger partial charge in [0.15, 0.2) is 0 Å². The van der Waals surface area contributed by atoms with Crippen LogP contribution in [0.5, 0.6) is 0 Å². The minimum atomic E-state index is 0.0322. The number of nitrogens with zero attached hydrogens (tertiary/aromatic N) is 2. The molecular weight excluding hydrogens is 310 g/mol. The predicted octanol–water partition coefficient (Wildman–Crippen LogP) is 1.38. The van der Waals surface area contributed by atoms with Crippen molar-refractivity contribution in [2.24, 2.45) is 5.92 Å². The average molecular weight is 335 g/mol. The fourth-order valence-corrected chi connectivity index (χ4v) is 4.53. The first-order chi connectivity index (χ1) is 11.1. The number of likely N-dealkylation sites (N-methyl/N-ethyl adjacent to an activating group) is 1. The lowest BCUT2D eigenvalue weighted by Gasteiger charge is -2.34. The first-order valence-electron chi connectivity index (χ1n) is 8.40. The average Bonchev–Trinajstić information content (AvgIpc) is 2.97. The van der Waals surface area contributed by atoms with Crippen LogP contribution in [0.4, 0.5) is 0 Å². The molecule has 1 atom stereocenters. The zero-order chi connectivity index (χ0) is 16.4. The molecule has 2 amide bonds. The van der Waals surface area contributed by atoms with Gasteiger partial charge in [0.2, 0.25) is 5.91 Å². The maximum Gasteiger partial charge on any atom is 0.264 e. The molecule has 0 aromatic carbocycles. The number of fused-ring (bicyclic) bond motifs is 1. The van der Waals surface area contributed by atoms with Gasteiger partial charge in [-0.2, -0.15) is 0 Å². The zero-order valence-electron chi connectivity index (χ0n) is 13.9. The van der Waals surface area contributed by atoms with Crippen LogP contribution in [0.15, 0.2) is 6.07 Å². The summed E-state index contributed by atoms with van der Waals surface area (Å²) >= 11 is 1.69. The summed E-state index contributed by atoms with van der Waals surface area (Å²) in [6.07, 6.45) is 3.46. The van der Waals surface area contributed by atoms with E-state index in [0.717, 1.165) is 36.7 Å². The van der Waals surface area contributed by atoms with Crippen molar-refractivity contribution < 1.29 is 9.59 Å². The van der Waals surface area contributed by atoms with Crippen molar-refractivity contribution in [1.82, 2.24) is 15.1 Å². The highest BCUT2D eigenvalue weighted by molar-refractivity contribution is 7.14. The van der Waals surface area contributed by atoms with E-state index in [1.54, 1.807) is 18.4 Å². The van der Waals surface area contributed by atoms with Crippen molar-refractivity contribution in [3.05, 3.63) is 21.4 Å². The second kappa shape index (κ2) is 7.01. The molecule has 5 nitrogen and oxygen atoms in total. The van der Waals surface area contributed by atoms with Gasteiger partial charge in [-0.25, -0.2) is 0 Å². The third kappa shape index (κ3) is 3.75. The van der Waals surface area contributed by atoms with Crippen LogP contribution in [-0.2, 0) is 17.6 Å². The maximum atomic E-state index is 12.7. The van der Waals surface area contributed by atoms with Crippen molar-refractivity contribution in [1.29, 1.82) is 0 Å². The number of aryl methyl sites for hydroxylation is 1. The Kier molecular flexibility index (Phi) is 5.02. The van der Waals surface area contributed by atoms with Crippen LogP contribution in [0.2, 0.25) is 0 Å². The summed E-state index contributed by atoms with van der Waals surface area (Å²) in [5.74, 6) is 0.926. The Bertz CT molecular complexity index is 591. The Morgan fingerprint density at radius 2 is 2.04 bits per heavy atom. The molecule has 1 saturated heterocycles. The largest absolute Gasteiger partial charge is 0.358 e. The molecule has 3 rings (SSSR count). The molecule has 1 aromatic heterocycles. The first-order valence-corrected chi connectivity index (χ1v) is 9.22. The highest BCUT2D eigenvalue weighted by Crippen LogP contribution is 2.32. The fourth-order valence-electron chi connectivity index (χ4n) is 3.36. The summed E-state index contributed by atoms with van der Waals surface area (Å²) in [6.45, 7) is 5.64. The number of thiophene rings is 1. The summed E-state index contributed by atoms with van der Waals surface area (Å²) in [4.78, 5) is 30.5. The molecule has 0 radical (unpaired) electrons. The van der Waals surface area contributed by atoms with E-state index in [1.807, 2.05) is 4.90 Å². The standard InChI is InChI=1S/C17H25N3O2S/c1-12-3-4-14-13(9-12)10-15(23-14)17(22)20-7-5-19(6-8-20)11-16(21)18-2/h10,12H,3-9,11H2,1-2H3,(H,18,21). The van der Waals surface area contributed by atoms with Crippen molar-refractivity contribution in [2.75, 3.05) is 39.8 Å². The first kappa shape index (κ1) is 16.5. The summed E-state index contributed by atoms with van der Waals surface area (Å²) in [6, 6.07) is 2.12. The summed E-state index contributed by atoms with van der Waals surface area (Å²) in [7, 11) is 1.65. The van der Waals surface area contributed by atoms with E-state index in [0.29, 0.717) is 19.6 Å². The number of piperazine rings is 1. The molecule has 1 aliphatic carbocycles. The van der Waals surface area contributed by atoms with E-state index < -0.39 is 0 Å². The lowest BCUT2D eigenvalue weighted by Crippen LogP contribution is -2.50. The lowest BCUT2D eigenvalue weighted by molar-refractivity contribution is -0.122. The Morgan fingerprint density at radius 1 is 1.30 bits per heavy atom. The summed E-state index contributed by atoms with van der Waals surface area (Å²) < 4.78 is 0. The van der Waals surface area contributed by atoms with Gasteiger partial charge < -0.3 is 10.2 Å². The predicted molar refractivity (Wildman–Crippen MR) is 91.9 cm³/mol. The number of hydrogen-bond donors (Lipinski definition) is 1. The van der Waals surface area contributed by atoms with Gasteiger partial charge in [-0.15, -0.1) is 11.3 Å². The smallest absolute Gasteiger partial charge is 0.264 e. The second-order valence-corrected chi connectivity index (χ2v) is 7.79. The quantitative estimate of drug-likeness (QED) is 0.908. The van der Waals surface area contributed by atoms with Gasteiger partial charge in [-0.05, 0) is 36.8 Å². The van der Waals surface area contributed by atoms with E-state index >= 15 is 0 Å². The van der Waals surface area contributed by atoms with Crippen LogP contribution in [0, 0.1) is 5.92 Å². The SMILES string of the molecule is CNC(=O)CN1CCN(C(=O)c2cc3c(s2)CCC(C)C3)CC1. The monoisotopic (exact) mass is 335 g/mol.